The van der Waals surface area contributed by atoms with Crippen molar-refractivity contribution in [3.8, 4) is 0 Å². The molecule has 116 valence electrons. The lowest BCUT2D eigenvalue weighted by molar-refractivity contribution is 0.0761. The second-order valence-corrected chi connectivity index (χ2v) is 6.36. The first-order chi connectivity index (χ1) is 10.3. The van der Waals surface area contributed by atoms with Crippen LogP contribution in [0.5, 0.6) is 0 Å². The van der Waals surface area contributed by atoms with Crippen LogP contribution in [0.3, 0.4) is 0 Å². The Morgan fingerprint density at radius 1 is 1.05 bits per heavy atom. The van der Waals surface area contributed by atoms with Crippen LogP contribution in [0.25, 0.3) is 0 Å². The lowest BCUT2D eigenvalue weighted by Gasteiger charge is -2.30. The van der Waals surface area contributed by atoms with E-state index in [1.807, 2.05) is 0 Å². The topological polar surface area (TPSA) is 38.7 Å². The number of hydrogen-bond acceptors (Lipinski definition) is 4. The van der Waals surface area contributed by atoms with E-state index in [0.29, 0.717) is 5.92 Å². The summed E-state index contributed by atoms with van der Waals surface area (Å²) in [5.41, 5.74) is 1.44. The van der Waals surface area contributed by atoms with Crippen LogP contribution in [0.15, 0.2) is 30.3 Å². The fourth-order valence-electron chi connectivity index (χ4n) is 3.54. The first-order valence-corrected chi connectivity index (χ1v) is 8.20. The molecule has 2 saturated heterocycles. The fraction of sp³-hybridized carbons (Fsp3) is 0.647. The van der Waals surface area contributed by atoms with Crippen molar-refractivity contribution in [2.24, 2.45) is 0 Å². The number of benzene rings is 1. The summed E-state index contributed by atoms with van der Waals surface area (Å²) in [6.45, 7) is 8.04. The number of aliphatic hydroxyl groups is 1. The van der Waals surface area contributed by atoms with Crippen LogP contribution >= 0.6 is 0 Å². The average Bonchev–Trinajstić information content (AvgIpc) is 2.97. The number of β-amino-alcohol motifs (C(OH)–C–C–N with tert-alkyl or cyclic N) is 1. The molecule has 2 unspecified atom stereocenters. The molecule has 2 heterocycles. The van der Waals surface area contributed by atoms with Gasteiger partial charge in [0.2, 0.25) is 0 Å². The number of likely N-dealkylation sites (tertiary alicyclic amines) is 1. The molecule has 4 nitrogen and oxygen atoms in total. The molecule has 1 aromatic carbocycles. The standard InChI is InChI=1S/C17H27N3O/c21-17(13-19-10-7-18-8-11-19)14-20-9-6-16(12-20)15-4-2-1-3-5-15/h1-5,16-18,21H,6-14H2. The molecule has 0 amide bonds. The van der Waals surface area contributed by atoms with E-state index in [1.165, 1.54) is 12.0 Å². The third-order valence-electron chi connectivity index (χ3n) is 4.69. The van der Waals surface area contributed by atoms with E-state index < -0.39 is 0 Å². The van der Waals surface area contributed by atoms with Crippen molar-refractivity contribution in [2.75, 3.05) is 52.4 Å². The van der Waals surface area contributed by atoms with Crippen molar-refractivity contribution >= 4 is 0 Å². The molecule has 2 aliphatic rings. The maximum absolute atomic E-state index is 10.3. The van der Waals surface area contributed by atoms with Crippen LogP contribution < -0.4 is 5.32 Å². The van der Waals surface area contributed by atoms with Gasteiger partial charge in [-0.3, -0.25) is 4.90 Å². The first kappa shape index (κ1) is 15.0. The van der Waals surface area contributed by atoms with Crippen LogP contribution in [0.4, 0.5) is 0 Å². The number of piperazine rings is 1. The predicted molar refractivity (Wildman–Crippen MR) is 85.6 cm³/mol. The molecular formula is C17H27N3O. The van der Waals surface area contributed by atoms with Gasteiger partial charge in [0, 0.05) is 45.8 Å². The molecule has 0 aliphatic carbocycles. The Morgan fingerprint density at radius 3 is 2.52 bits per heavy atom. The summed E-state index contributed by atoms with van der Waals surface area (Å²) in [7, 11) is 0. The van der Waals surface area contributed by atoms with Gasteiger partial charge in [-0.25, -0.2) is 0 Å². The minimum absolute atomic E-state index is 0.224. The van der Waals surface area contributed by atoms with Crippen molar-refractivity contribution in [1.82, 2.24) is 15.1 Å². The van der Waals surface area contributed by atoms with Crippen LogP contribution in [0, 0.1) is 0 Å². The minimum Gasteiger partial charge on any atom is -0.390 e. The smallest absolute Gasteiger partial charge is 0.0793 e. The van der Waals surface area contributed by atoms with Crippen LogP contribution in [0.1, 0.15) is 17.9 Å². The Bertz CT molecular complexity index is 419. The van der Waals surface area contributed by atoms with Gasteiger partial charge in [-0.1, -0.05) is 30.3 Å². The highest BCUT2D eigenvalue weighted by Gasteiger charge is 2.25. The Hall–Kier alpha value is -0.940. The summed E-state index contributed by atoms with van der Waals surface area (Å²) in [5.74, 6) is 0.637. The maximum Gasteiger partial charge on any atom is 0.0793 e. The van der Waals surface area contributed by atoms with Gasteiger partial charge < -0.3 is 15.3 Å². The number of nitrogens with one attached hydrogen (secondary N) is 1. The quantitative estimate of drug-likeness (QED) is 0.839. The molecule has 2 aliphatic heterocycles. The second kappa shape index (κ2) is 7.36. The SMILES string of the molecule is OC(CN1CCNCC1)CN1CCC(c2ccccc2)C1. The van der Waals surface area contributed by atoms with Gasteiger partial charge in [-0.15, -0.1) is 0 Å². The van der Waals surface area contributed by atoms with Crippen molar-refractivity contribution < 1.29 is 5.11 Å². The normalized spacial score (nSPS) is 26.0. The van der Waals surface area contributed by atoms with Gasteiger partial charge in [-0.05, 0) is 24.4 Å². The van der Waals surface area contributed by atoms with E-state index in [1.54, 1.807) is 0 Å². The summed E-state index contributed by atoms with van der Waals surface area (Å²) in [6, 6.07) is 10.8. The van der Waals surface area contributed by atoms with E-state index in [4.69, 9.17) is 0 Å². The summed E-state index contributed by atoms with van der Waals surface area (Å²) in [5, 5.41) is 13.7. The summed E-state index contributed by atoms with van der Waals surface area (Å²) < 4.78 is 0. The molecule has 3 rings (SSSR count). The van der Waals surface area contributed by atoms with E-state index in [9.17, 15) is 5.11 Å². The van der Waals surface area contributed by atoms with Crippen molar-refractivity contribution in [3.63, 3.8) is 0 Å². The molecule has 4 heteroatoms. The van der Waals surface area contributed by atoms with E-state index in [-0.39, 0.29) is 6.10 Å². The molecule has 2 N–H and O–H groups in total. The third-order valence-corrected chi connectivity index (χ3v) is 4.69. The molecular weight excluding hydrogens is 262 g/mol. The number of rotatable bonds is 5. The largest absolute Gasteiger partial charge is 0.390 e. The van der Waals surface area contributed by atoms with Crippen molar-refractivity contribution in [2.45, 2.75) is 18.4 Å². The lowest BCUT2D eigenvalue weighted by atomic mass is 9.99. The van der Waals surface area contributed by atoms with Gasteiger partial charge in [-0.2, -0.15) is 0 Å². The van der Waals surface area contributed by atoms with E-state index >= 15 is 0 Å². The fourth-order valence-corrected chi connectivity index (χ4v) is 3.54. The zero-order valence-electron chi connectivity index (χ0n) is 12.7. The highest BCUT2D eigenvalue weighted by Crippen LogP contribution is 2.26. The van der Waals surface area contributed by atoms with Crippen molar-refractivity contribution in [1.29, 1.82) is 0 Å². The molecule has 0 aromatic heterocycles. The number of hydrogen-bond donors (Lipinski definition) is 2. The predicted octanol–water partition coefficient (Wildman–Crippen LogP) is 0.742. The van der Waals surface area contributed by atoms with Gasteiger partial charge in [0.25, 0.3) is 0 Å². The Morgan fingerprint density at radius 2 is 1.76 bits per heavy atom. The zero-order valence-corrected chi connectivity index (χ0v) is 12.7. The minimum atomic E-state index is -0.224. The highest BCUT2D eigenvalue weighted by atomic mass is 16.3. The second-order valence-electron chi connectivity index (χ2n) is 6.36. The maximum atomic E-state index is 10.3. The number of aliphatic hydroxyl groups excluding tert-OH is 1. The van der Waals surface area contributed by atoms with Gasteiger partial charge in [0.15, 0.2) is 0 Å². The van der Waals surface area contributed by atoms with Gasteiger partial charge in [0.1, 0.15) is 0 Å². The van der Waals surface area contributed by atoms with E-state index in [2.05, 4.69) is 45.4 Å². The van der Waals surface area contributed by atoms with Crippen LogP contribution in [0.2, 0.25) is 0 Å². The molecule has 0 radical (unpaired) electrons. The molecule has 0 spiro atoms. The van der Waals surface area contributed by atoms with Crippen LogP contribution in [-0.2, 0) is 0 Å². The van der Waals surface area contributed by atoms with E-state index in [0.717, 1.165) is 52.4 Å². The Kier molecular flexibility index (Phi) is 5.25. The molecule has 2 atom stereocenters. The van der Waals surface area contributed by atoms with Gasteiger partial charge in [0.05, 0.1) is 6.10 Å². The Labute approximate surface area is 127 Å². The van der Waals surface area contributed by atoms with Gasteiger partial charge >= 0.3 is 0 Å². The molecule has 0 bridgehead atoms. The molecule has 21 heavy (non-hydrogen) atoms. The van der Waals surface area contributed by atoms with Crippen LogP contribution in [-0.4, -0.2) is 73.4 Å². The average molecular weight is 289 g/mol. The monoisotopic (exact) mass is 289 g/mol. The highest BCUT2D eigenvalue weighted by molar-refractivity contribution is 5.21. The molecule has 0 saturated carbocycles. The summed E-state index contributed by atoms with van der Waals surface area (Å²) >= 11 is 0. The Balaban J connectivity index is 1.43. The molecule has 2 fully saturated rings. The zero-order chi connectivity index (χ0) is 14.5. The molecule has 1 aromatic rings. The summed E-state index contributed by atoms with van der Waals surface area (Å²) in [4.78, 5) is 4.79. The van der Waals surface area contributed by atoms with Crippen molar-refractivity contribution in [3.05, 3.63) is 35.9 Å². The number of nitrogens with zero attached hydrogens (tertiary/aromatic N) is 2. The third kappa shape index (κ3) is 4.27. The first-order valence-electron chi connectivity index (χ1n) is 8.20. The summed E-state index contributed by atoms with van der Waals surface area (Å²) in [6.07, 6.45) is 0.988. The lowest BCUT2D eigenvalue weighted by Crippen LogP contribution is -2.48.